The quantitative estimate of drug-likeness (QED) is 0.884. The Labute approximate surface area is 111 Å². The number of ether oxygens (including phenoxy) is 1. The molecule has 0 saturated heterocycles. The molecule has 0 spiro atoms. The normalized spacial score (nSPS) is 10.9. The van der Waals surface area contributed by atoms with Crippen molar-refractivity contribution in [2.45, 2.75) is 32.9 Å². The van der Waals surface area contributed by atoms with Crippen LogP contribution in [-0.4, -0.2) is 24.6 Å². The van der Waals surface area contributed by atoms with Gasteiger partial charge in [0.05, 0.1) is 12.1 Å². The van der Waals surface area contributed by atoms with Gasteiger partial charge in [-0.15, -0.1) is 11.3 Å². The lowest BCUT2D eigenvalue weighted by atomic mass is 10.2. The average Bonchev–Trinajstić information content (AvgIpc) is 2.71. The van der Waals surface area contributed by atoms with Gasteiger partial charge in [0.15, 0.2) is 0 Å². The number of alkyl carbamates (subject to hydrolysis) is 1. The third-order valence-corrected chi connectivity index (χ3v) is 2.89. The first-order valence-corrected chi connectivity index (χ1v) is 6.46. The molecule has 1 rings (SSSR count). The molecule has 0 bridgehead atoms. The Morgan fingerprint density at radius 2 is 2.06 bits per heavy atom. The molecule has 0 aliphatic rings. The molecule has 0 aliphatic carbocycles. The van der Waals surface area contributed by atoms with E-state index in [0.717, 1.165) is 4.88 Å². The first-order chi connectivity index (χ1) is 8.31. The molecule has 18 heavy (non-hydrogen) atoms. The molecule has 5 nitrogen and oxygen atoms in total. The summed E-state index contributed by atoms with van der Waals surface area (Å²) in [5.41, 5.74) is 0.0933. The number of hydrogen-bond acceptors (Lipinski definition) is 4. The Balaban J connectivity index is 2.47. The maximum atomic E-state index is 11.4. The zero-order valence-corrected chi connectivity index (χ0v) is 11.8. The van der Waals surface area contributed by atoms with E-state index in [2.05, 4.69) is 10.6 Å². The highest BCUT2D eigenvalue weighted by atomic mass is 32.1. The lowest BCUT2D eigenvalue weighted by Gasteiger charge is -2.19. The minimum Gasteiger partial charge on any atom is -0.444 e. The van der Waals surface area contributed by atoms with Crippen LogP contribution in [-0.2, 0) is 11.3 Å². The molecule has 1 aromatic rings. The molecule has 0 fully saturated rings. The van der Waals surface area contributed by atoms with Crippen LogP contribution in [0, 0.1) is 0 Å². The van der Waals surface area contributed by atoms with Crippen LogP contribution in [0.5, 0.6) is 0 Å². The highest BCUT2D eigenvalue weighted by Gasteiger charge is 2.16. The second-order valence-electron chi connectivity index (χ2n) is 4.74. The Morgan fingerprint density at radius 1 is 1.39 bits per heavy atom. The average molecular weight is 270 g/mol. The lowest BCUT2D eigenvalue weighted by Crippen LogP contribution is -2.31. The van der Waals surface area contributed by atoms with Crippen molar-refractivity contribution in [2.75, 3.05) is 7.05 Å². The second-order valence-corrected chi connectivity index (χ2v) is 5.73. The maximum absolute atomic E-state index is 11.4. The minimum atomic E-state index is -0.507. The van der Waals surface area contributed by atoms with Crippen LogP contribution in [0.1, 0.15) is 36.0 Å². The molecule has 0 aliphatic heterocycles. The molecule has 1 aromatic heterocycles. The number of carbonyl (C=O) groups is 2. The minimum absolute atomic E-state index is 0.130. The lowest BCUT2D eigenvalue weighted by molar-refractivity contribution is 0.0524. The van der Waals surface area contributed by atoms with Crippen molar-refractivity contribution in [1.82, 2.24) is 10.6 Å². The van der Waals surface area contributed by atoms with Crippen LogP contribution in [0.25, 0.3) is 0 Å². The summed E-state index contributed by atoms with van der Waals surface area (Å²) in [5, 5.41) is 6.94. The first kappa shape index (κ1) is 14.5. The van der Waals surface area contributed by atoms with Gasteiger partial charge in [0.2, 0.25) is 0 Å². The Kier molecular flexibility index (Phi) is 4.72. The van der Waals surface area contributed by atoms with E-state index in [-0.39, 0.29) is 5.91 Å². The van der Waals surface area contributed by atoms with Crippen molar-refractivity contribution in [2.24, 2.45) is 0 Å². The number of nitrogens with one attached hydrogen (secondary N) is 2. The van der Waals surface area contributed by atoms with Gasteiger partial charge in [-0.1, -0.05) is 0 Å². The maximum Gasteiger partial charge on any atom is 0.407 e. The highest BCUT2D eigenvalue weighted by molar-refractivity contribution is 7.10. The van der Waals surface area contributed by atoms with Crippen molar-refractivity contribution < 1.29 is 14.3 Å². The summed E-state index contributed by atoms with van der Waals surface area (Å²) in [5.74, 6) is -0.130. The predicted molar refractivity (Wildman–Crippen MR) is 70.8 cm³/mol. The zero-order chi connectivity index (χ0) is 13.8. The third kappa shape index (κ3) is 4.75. The molecule has 0 aromatic carbocycles. The summed E-state index contributed by atoms with van der Waals surface area (Å²) in [6, 6.07) is 1.75. The SMILES string of the molecule is CNC(=O)c1csc(CNC(=O)OC(C)(C)C)c1. The fourth-order valence-electron chi connectivity index (χ4n) is 1.21. The van der Waals surface area contributed by atoms with Crippen molar-refractivity contribution in [3.8, 4) is 0 Å². The highest BCUT2D eigenvalue weighted by Crippen LogP contribution is 2.14. The second kappa shape index (κ2) is 5.86. The van der Waals surface area contributed by atoms with Gasteiger partial charge in [-0.3, -0.25) is 4.79 Å². The Morgan fingerprint density at radius 3 is 2.61 bits per heavy atom. The van der Waals surface area contributed by atoms with E-state index in [1.165, 1.54) is 11.3 Å². The van der Waals surface area contributed by atoms with E-state index in [4.69, 9.17) is 4.74 Å². The van der Waals surface area contributed by atoms with Crippen LogP contribution < -0.4 is 10.6 Å². The molecule has 0 saturated carbocycles. The van der Waals surface area contributed by atoms with E-state index in [1.54, 1.807) is 39.3 Å². The van der Waals surface area contributed by atoms with Crippen molar-refractivity contribution in [1.29, 1.82) is 0 Å². The van der Waals surface area contributed by atoms with Crippen molar-refractivity contribution in [3.05, 3.63) is 21.9 Å². The number of amides is 2. The van der Waals surface area contributed by atoms with E-state index >= 15 is 0 Å². The fraction of sp³-hybridized carbons (Fsp3) is 0.500. The molecular weight excluding hydrogens is 252 g/mol. The smallest absolute Gasteiger partial charge is 0.407 e. The monoisotopic (exact) mass is 270 g/mol. The van der Waals surface area contributed by atoms with E-state index < -0.39 is 11.7 Å². The van der Waals surface area contributed by atoms with Gasteiger partial charge >= 0.3 is 6.09 Å². The van der Waals surface area contributed by atoms with Gasteiger partial charge in [0, 0.05) is 17.3 Å². The number of rotatable bonds is 3. The van der Waals surface area contributed by atoms with E-state index in [0.29, 0.717) is 12.1 Å². The van der Waals surface area contributed by atoms with Crippen LogP contribution in [0.15, 0.2) is 11.4 Å². The van der Waals surface area contributed by atoms with Crippen molar-refractivity contribution >= 4 is 23.3 Å². The van der Waals surface area contributed by atoms with Gasteiger partial charge in [-0.25, -0.2) is 4.79 Å². The molecule has 0 atom stereocenters. The fourth-order valence-corrected chi connectivity index (χ4v) is 2.01. The van der Waals surface area contributed by atoms with Gasteiger partial charge in [-0.2, -0.15) is 0 Å². The third-order valence-electron chi connectivity index (χ3n) is 1.95. The van der Waals surface area contributed by atoms with E-state index in [9.17, 15) is 9.59 Å². The summed E-state index contributed by atoms with van der Waals surface area (Å²) in [6.07, 6.45) is -0.461. The van der Waals surface area contributed by atoms with Gasteiger partial charge in [0.25, 0.3) is 5.91 Å². The first-order valence-electron chi connectivity index (χ1n) is 5.58. The van der Waals surface area contributed by atoms with Gasteiger partial charge in [-0.05, 0) is 26.8 Å². The molecule has 0 radical (unpaired) electrons. The molecule has 1 heterocycles. The van der Waals surface area contributed by atoms with Gasteiger partial charge < -0.3 is 15.4 Å². The molecule has 0 unspecified atom stereocenters. The summed E-state index contributed by atoms with van der Waals surface area (Å²) in [6.45, 7) is 5.78. The summed E-state index contributed by atoms with van der Waals surface area (Å²) in [4.78, 5) is 23.7. The van der Waals surface area contributed by atoms with E-state index in [1.807, 2.05) is 0 Å². The van der Waals surface area contributed by atoms with Crippen LogP contribution >= 0.6 is 11.3 Å². The molecule has 2 N–H and O–H groups in total. The largest absolute Gasteiger partial charge is 0.444 e. The zero-order valence-electron chi connectivity index (χ0n) is 11.0. The van der Waals surface area contributed by atoms with Gasteiger partial charge in [0.1, 0.15) is 5.60 Å². The van der Waals surface area contributed by atoms with Crippen LogP contribution in [0.4, 0.5) is 4.79 Å². The Bertz CT molecular complexity index is 435. The molecule has 100 valence electrons. The summed E-state index contributed by atoms with van der Waals surface area (Å²) < 4.78 is 5.11. The standard InChI is InChI=1S/C12H18N2O3S/c1-12(2,3)17-11(16)14-6-9-5-8(7-18-9)10(15)13-4/h5,7H,6H2,1-4H3,(H,13,15)(H,14,16). The van der Waals surface area contributed by atoms with Crippen molar-refractivity contribution in [3.63, 3.8) is 0 Å². The summed E-state index contributed by atoms with van der Waals surface area (Å²) in [7, 11) is 1.58. The Hall–Kier alpha value is -1.56. The molecule has 6 heteroatoms. The van der Waals surface area contributed by atoms with Crippen LogP contribution in [0.3, 0.4) is 0 Å². The summed E-state index contributed by atoms with van der Waals surface area (Å²) >= 11 is 1.42. The molecular formula is C12H18N2O3S. The number of carbonyl (C=O) groups excluding carboxylic acids is 2. The number of thiophene rings is 1. The molecule has 2 amide bonds. The topological polar surface area (TPSA) is 67.4 Å². The predicted octanol–water partition coefficient (Wildman–Crippen LogP) is 2.13. The number of hydrogen-bond donors (Lipinski definition) is 2. The van der Waals surface area contributed by atoms with Crippen LogP contribution in [0.2, 0.25) is 0 Å².